The van der Waals surface area contributed by atoms with Gasteiger partial charge in [0.1, 0.15) is 0 Å². The highest BCUT2D eigenvalue weighted by Gasteiger charge is 2.38. The topological polar surface area (TPSA) is 44.0 Å². The van der Waals surface area contributed by atoms with E-state index in [-0.39, 0.29) is 42.2 Å². The Morgan fingerprint density at radius 2 is 0.732 bits per heavy atom. The highest BCUT2D eigenvalue weighted by Crippen LogP contribution is 2.49. The summed E-state index contributed by atoms with van der Waals surface area (Å²) in [5.41, 5.74) is 14.1. The van der Waals surface area contributed by atoms with Crippen LogP contribution in [0.2, 0.25) is 0 Å². The minimum absolute atomic E-state index is 0. The van der Waals surface area contributed by atoms with E-state index >= 15 is 0 Å². The maximum Gasteiger partial charge on any atom is 0.197 e. The van der Waals surface area contributed by atoms with Gasteiger partial charge in [0, 0.05) is 32.7 Å². The van der Waals surface area contributed by atoms with Crippen molar-refractivity contribution >= 4 is 43.6 Å². The van der Waals surface area contributed by atoms with Gasteiger partial charge in [0.15, 0.2) is 10.9 Å². The van der Waals surface area contributed by atoms with Crippen LogP contribution in [0.5, 0.6) is 0 Å². The summed E-state index contributed by atoms with van der Waals surface area (Å²) in [6.45, 7) is 9.05. The van der Waals surface area contributed by atoms with Crippen molar-refractivity contribution in [3.8, 4) is 70.6 Å². The van der Waals surface area contributed by atoms with Crippen LogP contribution in [0.1, 0.15) is 68.5 Å². The molecule has 8 aromatic carbocycles. The van der Waals surface area contributed by atoms with Crippen LogP contribution < -0.4 is 10.9 Å². The zero-order valence-corrected chi connectivity index (χ0v) is 39.6. The number of rotatable bonds is 2. The maximum absolute atomic E-state index is 13.3. The van der Waals surface area contributed by atoms with E-state index in [2.05, 4.69) is 171 Å². The Balaban J connectivity index is 0.000000172. The van der Waals surface area contributed by atoms with Crippen LogP contribution in [0.3, 0.4) is 0 Å². The number of hydrogen-bond acceptors (Lipinski definition) is 2. The minimum atomic E-state index is -0.348. The van der Waals surface area contributed by atoms with Gasteiger partial charge in [0.25, 0.3) is 0 Å². The summed E-state index contributed by atoms with van der Waals surface area (Å²) >= 11 is 0. The molecular weight excluding hydrogens is 865 g/mol. The van der Waals surface area contributed by atoms with Crippen molar-refractivity contribution in [2.75, 3.05) is 0 Å². The SMILES string of the molecule is C.C#CCn1c2ccccc2c(=O)c2cc3c(cc21)c(=O)c1ccccc1n3CC#C.CC.CC1(C#Cc2cccc(C#CC3(C)c4ccccc4-c4ccccc43)c2)c2ccccc2-c2ccccc21. The highest BCUT2D eigenvalue weighted by atomic mass is 16.1. The van der Waals surface area contributed by atoms with Crippen LogP contribution in [0.4, 0.5) is 0 Å². The van der Waals surface area contributed by atoms with Gasteiger partial charge in [-0.1, -0.05) is 184 Å². The van der Waals surface area contributed by atoms with E-state index in [4.69, 9.17) is 12.8 Å². The van der Waals surface area contributed by atoms with E-state index in [1.807, 2.05) is 59.4 Å². The number of pyridine rings is 2. The number of benzene rings is 8. The molecule has 0 amide bonds. The number of para-hydroxylation sites is 2. The fourth-order valence-electron chi connectivity index (χ4n) is 10.5. The quantitative estimate of drug-likeness (QED) is 0.128. The summed E-state index contributed by atoms with van der Waals surface area (Å²) in [5, 5.41) is 2.20. The van der Waals surface area contributed by atoms with Gasteiger partial charge in [0.2, 0.25) is 0 Å². The first-order valence-corrected chi connectivity index (χ1v) is 23.7. The molecule has 10 aromatic rings. The van der Waals surface area contributed by atoms with Crippen molar-refractivity contribution in [3.63, 3.8) is 0 Å². The summed E-state index contributed by atoms with van der Waals surface area (Å²) in [5.74, 6) is 19.6. The number of nitrogens with zero attached hydrogens (tertiary/aromatic N) is 2. The molecule has 2 heterocycles. The monoisotopic (exact) mass is 916 g/mol. The molecular formula is C67H52N2O2. The molecule has 0 bridgehead atoms. The van der Waals surface area contributed by atoms with Crippen LogP contribution >= 0.6 is 0 Å². The average Bonchev–Trinajstić information content (AvgIpc) is 3.83. The molecule has 0 N–H and O–H groups in total. The first-order valence-electron chi connectivity index (χ1n) is 23.7. The molecule has 0 spiro atoms. The molecule has 0 aliphatic heterocycles. The van der Waals surface area contributed by atoms with E-state index in [0.29, 0.717) is 32.6 Å². The molecule has 0 saturated carbocycles. The Morgan fingerprint density at radius 1 is 0.408 bits per heavy atom. The van der Waals surface area contributed by atoms with Crippen molar-refractivity contribution in [2.45, 2.75) is 59.0 Å². The Bertz CT molecular complexity index is 3750. The molecule has 2 aromatic heterocycles. The number of hydrogen-bond donors (Lipinski definition) is 0. The lowest BCUT2D eigenvalue weighted by atomic mass is 9.80. The second kappa shape index (κ2) is 19.1. The van der Waals surface area contributed by atoms with Gasteiger partial charge in [-0.25, -0.2) is 0 Å². The number of fused-ring (bicyclic) bond motifs is 10. The molecule has 0 unspecified atom stereocenters. The molecule has 71 heavy (non-hydrogen) atoms. The average molecular weight is 917 g/mol. The lowest BCUT2D eigenvalue weighted by Crippen LogP contribution is -2.18. The fourth-order valence-corrected chi connectivity index (χ4v) is 10.5. The second-order valence-electron chi connectivity index (χ2n) is 17.7. The third kappa shape index (κ3) is 7.78. The van der Waals surface area contributed by atoms with Gasteiger partial charge in [-0.15, -0.1) is 12.8 Å². The largest absolute Gasteiger partial charge is 0.328 e. The van der Waals surface area contributed by atoms with E-state index in [1.54, 1.807) is 24.3 Å². The third-order valence-corrected chi connectivity index (χ3v) is 13.8. The van der Waals surface area contributed by atoms with Gasteiger partial charge in [0.05, 0.1) is 46.0 Å². The second-order valence-corrected chi connectivity index (χ2v) is 17.7. The van der Waals surface area contributed by atoms with E-state index in [1.165, 1.54) is 44.5 Å². The van der Waals surface area contributed by atoms with Gasteiger partial charge < -0.3 is 9.13 Å². The molecule has 342 valence electrons. The third-order valence-electron chi connectivity index (χ3n) is 13.8. The van der Waals surface area contributed by atoms with Gasteiger partial charge in [-0.3, -0.25) is 9.59 Å². The number of terminal acetylenes is 2. The predicted octanol–water partition coefficient (Wildman–Crippen LogP) is 13.9. The van der Waals surface area contributed by atoms with Crippen LogP contribution in [0, 0.1) is 48.4 Å². The zero-order chi connectivity index (χ0) is 48.6. The van der Waals surface area contributed by atoms with Crippen LogP contribution in [0.25, 0.3) is 65.9 Å². The summed E-state index contributed by atoms with van der Waals surface area (Å²) in [4.78, 5) is 26.6. The van der Waals surface area contributed by atoms with E-state index in [0.717, 1.165) is 22.2 Å². The normalized spacial score (nSPS) is 12.6. The first kappa shape index (κ1) is 47.0. The Hall–Kier alpha value is -9.06. The molecule has 2 aliphatic rings. The van der Waals surface area contributed by atoms with Crippen LogP contribution in [0.15, 0.2) is 192 Å². The molecule has 12 rings (SSSR count). The fraction of sp³-hybridized carbons (Fsp3) is 0.134. The molecule has 2 aliphatic carbocycles. The standard InChI is InChI=1S/C38H26.C26H16N2O2.C2H6.CH4/c1-37(33-18-7-3-14-29(33)30-15-4-8-19-34(30)37)24-22-27-12-11-13-28(26-27)23-25-38(2)35-20-9-5-16-31(35)32-17-6-10-21-36(32)38;1-3-13-27-21-11-7-5-9-17(21)25(29)19-16-24-20(15-23(19)27)26(30)18-10-6-8-12-22(18)28(24)14-4-2;1-2;/h3-21,26H,1-2H3;1-2,5-12,15-16H,13-14H2;1-2H3;1H4. The highest BCUT2D eigenvalue weighted by molar-refractivity contribution is 6.04. The predicted molar refractivity (Wildman–Crippen MR) is 298 cm³/mol. The van der Waals surface area contributed by atoms with Crippen molar-refractivity contribution in [1.82, 2.24) is 9.13 Å². The molecule has 0 atom stereocenters. The van der Waals surface area contributed by atoms with Crippen molar-refractivity contribution in [3.05, 3.63) is 236 Å². The van der Waals surface area contributed by atoms with E-state index < -0.39 is 0 Å². The summed E-state index contributed by atoms with van der Waals surface area (Å²) in [6, 6.07) is 61.2. The zero-order valence-electron chi connectivity index (χ0n) is 39.6. The van der Waals surface area contributed by atoms with Gasteiger partial charge >= 0.3 is 0 Å². The van der Waals surface area contributed by atoms with Crippen molar-refractivity contribution in [2.24, 2.45) is 0 Å². The smallest absolute Gasteiger partial charge is 0.197 e. The van der Waals surface area contributed by atoms with Crippen molar-refractivity contribution < 1.29 is 0 Å². The van der Waals surface area contributed by atoms with Crippen molar-refractivity contribution in [1.29, 1.82) is 0 Å². The van der Waals surface area contributed by atoms with E-state index in [9.17, 15) is 9.59 Å². The molecule has 0 saturated heterocycles. The first-order chi connectivity index (χ1) is 34.2. The Kier molecular flexibility index (Phi) is 12.7. The summed E-state index contributed by atoms with van der Waals surface area (Å²) < 4.78 is 3.82. The maximum atomic E-state index is 13.3. The molecule has 4 nitrogen and oxygen atoms in total. The van der Waals surface area contributed by atoms with Crippen LogP contribution in [-0.4, -0.2) is 9.13 Å². The van der Waals surface area contributed by atoms with Crippen LogP contribution in [-0.2, 0) is 23.9 Å². The molecule has 4 heteroatoms. The molecule has 0 radical (unpaired) electrons. The van der Waals surface area contributed by atoms with Gasteiger partial charge in [-0.05, 0) is 113 Å². The number of aromatic nitrogens is 2. The molecule has 0 fully saturated rings. The van der Waals surface area contributed by atoms with Gasteiger partial charge in [-0.2, -0.15) is 0 Å². The lowest BCUT2D eigenvalue weighted by molar-refractivity contribution is 0.778. The minimum Gasteiger partial charge on any atom is -0.328 e. The Labute approximate surface area is 416 Å². The Morgan fingerprint density at radius 3 is 1.08 bits per heavy atom. The summed E-state index contributed by atoms with van der Waals surface area (Å²) in [6.07, 6.45) is 11.2. The lowest BCUT2D eigenvalue weighted by Gasteiger charge is -2.20. The summed E-state index contributed by atoms with van der Waals surface area (Å²) in [7, 11) is 0.